The zero-order chi connectivity index (χ0) is 20.2. The molecule has 1 aromatic heterocycles. The quantitative estimate of drug-likeness (QED) is 0.546. The van der Waals surface area contributed by atoms with E-state index >= 15 is 0 Å². The molecule has 0 aliphatic carbocycles. The first-order chi connectivity index (χ1) is 12.5. The van der Waals surface area contributed by atoms with Crippen LogP contribution in [0.4, 0.5) is 11.6 Å². The number of rotatable bonds is 7. The number of aliphatic hydroxyl groups is 1. The smallest absolute Gasteiger partial charge is 0.262 e. The molecule has 1 amide bonds. The van der Waals surface area contributed by atoms with Crippen molar-refractivity contribution in [2.75, 3.05) is 11.6 Å². The summed E-state index contributed by atoms with van der Waals surface area (Å²) in [6.07, 6.45) is 1.79. The van der Waals surface area contributed by atoms with E-state index < -0.39 is 27.8 Å². The van der Waals surface area contributed by atoms with Gasteiger partial charge in [-0.2, -0.15) is 4.98 Å². The molecule has 27 heavy (non-hydrogen) atoms. The normalized spacial score (nSPS) is 15.3. The average Bonchev–Trinajstić information content (AvgIpc) is 2.56. The van der Waals surface area contributed by atoms with Crippen molar-refractivity contribution in [3.05, 3.63) is 40.5 Å². The summed E-state index contributed by atoms with van der Waals surface area (Å²) in [6, 6.07) is 6.49. The Hall–Kier alpha value is -2.17. The van der Waals surface area contributed by atoms with Crippen molar-refractivity contribution in [1.29, 1.82) is 0 Å². The molecule has 2 rings (SSSR count). The molecule has 0 saturated heterocycles. The molecule has 0 bridgehead atoms. The van der Waals surface area contributed by atoms with E-state index in [1.165, 1.54) is 12.5 Å². The van der Waals surface area contributed by atoms with Crippen LogP contribution in [0.2, 0.25) is 0 Å². The van der Waals surface area contributed by atoms with Gasteiger partial charge in [0, 0.05) is 27.2 Å². The SMILES string of the molecule is C=S(C)(=O)NC(=O)c1ccc(Nc2ncc(Br)c(O[C@H](C)[C@@H](C)O)n2)cc1. The Balaban J connectivity index is 2.12. The number of carbonyl (C=O) groups is 1. The average molecular weight is 457 g/mol. The van der Waals surface area contributed by atoms with Crippen molar-refractivity contribution in [1.82, 2.24) is 14.7 Å². The minimum atomic E-state index is -2.63. The third-order valence-corrected chi connectivity index (χ3v) is 4.56. The van der Waals surface area contributed by atoms with Crippen LogP contribution < -0.4 is 14.8 Å². The lowest BCUT2D eigenvalue weighted by Gasteiger charge is -2.17. The number of hydrogen-bond acceptors (Lipinski definition) is 7. The summed E-state index contributed by atoms with van der Waals surface area (Å²) in [5, 5.41) is 12.6. The first-order valence-electron chi connectivity index (χ1n) is 7.94. The lowest BCUT2D eigenvalue weighted by Crippen LogP contribution is -2.29. The second kappa shape index (κ2) is 8.68. The molecule has 1 unspecified atom stereocenters. The molecule has 0 aliphatic heterocycles. The van der Waals surface area contributed by atoms with Gasteiger partial charge in [0.15, 0.2) is 0 Å². The van der Waals surface area contributed by atoms with Crippen molar-refractivity contribution in [2.45, 2.75) is 26.1 Å². The van der Waals surface area contributed by atoms with Crippen molar-refractivity contribution in [3.8, 4) is 5.88 Å². The van der Waals surface area contributed by atoms with Crippen molar-refractivity contribution in [3.63, 3.8) is 0 Å². The minimum absolute atomic E-state index is 0.289. The maximum atomic E-state index is 12.0. The first kappa shape index (κ1) is 21.1. The summed E-state index contributed by atoms with van der Waals surface area (Å²) in [6.45, 7) is 3.36. The molecule has 0 spiro atoms. The van der Waals surface area contributed by atoms with E-state index in [0.717, 1.165) is 0 Å². The standard InChI is InChI=1S/C17H21BrN4O4S/c1-10(23)11(2)26-16-14(18)9-19-17(21-16)20-13-7-5-12(6-8-13)15(24)22-27(3,4)25/h5-11,23H,3H2,1-2,4H3,(H,19,20,21)(H,22,24,25)/t10-,11-,27?/m1/s1. The summed E-state index contributed by atoms with van der Waals surface area (Å²) in [5.74, 6) is 3.51. The molecule has 3 N–H and O–H groups in total. The zero-order valence-electron chi connectivity index (χ0n) is 15.1. The van der Waals surface area contributed by atoms with Gasteiger partial charge < -0.3 is 15.2 Å². The number of hydrogen-bond donors (Lipinski definition) is 3. The molecule has 8 nitrogen and oxygen atoms in total. The van der Waals surface area contributed by atoms with Crippen molar-refractivity contribution >= 4 is 49.1 Å². The van der Waals surface area contributed by atoms with Crippen LogP contribution in [0.1, 0.15) is 24.2 Å². The molecule has 10 heteroatoms. The molecule has 3 atom stereocenters. The Labute approximate surface area is 166 Å². The number of aliphatic hydroxyl groups excluding tert-OH is 1. The number of nitrogens with zero attached hydrogens (tertiary/aromatic N) is 2. The van der Waals surface area contributed by atoms with Gasteiger partial charge in [0.1, 0.15) is 6.10 Å². The number of carbonyl (C=O) groups excluding carboxylic acids is 1. The van der Waals surface area contributed by atoms with E-state index in [0.29, 0.717) is 21.6 Å². The van der Waals surface area contributed by atoms with Crippen LogP contribution in [0.5, 0.6) is 5.88 Å². The van der Waals surface area contributed by atoms with Gasteiger partial charge in [-0.15, -0.1) is 0 Å². The predicted octanol–water partition coefficient (Wildman–Crippen LogP) is 2.12. The lowest BCUT2D eigenvalue weighted by atomic mass is 10.2. The van der Waals surface area contributed by atoms with Crippen LogP contribution in [-0.2, 0) is 9.71 Å². The van der Waals surface area contributed by atoms with Gasteiger partial charge in [-0.25, -0.2) is 9.19 Å². The van der Waals surface area contributed by atoms with Crippen LogP contribution in [0.25, 0.3) is 0 Å². The Morgan fingerprint density at radius 1 is 1.33 bits per heavy atom. The minimum Gasteiger partial charge on any atom is -0.471 e. The Bertz CT molecular complexity index is 917. The second-order valence-corrected chi connectivity index (χ2v) is 9.12. The third kappa shape index (κ3) is 6.49. The number of aromatic nitrogens is 2. The fourth-order valence-corrected chi connectivity index (χ4v) is 2.65. The molecule has 0 saturated carbocycles. The van der Waals surface area contributed by atoms with Crippen LogP contribution in [0.15, 0.2) is 34.9 Å². The maximum absolute atomic E-state index is 12.0. The Morgan fingerprint density at radius 2 is 1.96 bits per heavy atom. The molecule has 1 heterocycles. The van der Waals surface area contributed by atoms with E-state index in [9.17, 15) is 14.1 Å². The van der Waals surface area contributed by atoms with Crippen molar-refractivity contribution < 1.29 is 18.8 Å². The highest BCUT2D eigenvalue weighted by Crippen LogP contribution is 2.25. The number of ether oxygens (including phenoxy) is 1. The summed E-state index contributed by atoms with van der Waals surface area (Å²) in [5.41, 5.74) is 1.00. The Morgan fingerprint density at radius 3 is 2.52 bits per heavy atom. The van der Waals surface area contributed by atoms with Gasteiger partial charge in [-0.05, 0) is 59.9 Å². The first-order valence-corrected chi connectivity index (χ1v) is 10.9. The van der Waals surface area contributed by atoms with E-state index in [2.05, 4.69) is 41.8 Å². The monoisotopic (exact) mass is 456 g/mol. The largest absolute Gasteiger partial charge is 0.471 e. The fourth-order valence-electron chi connectivity index (χ4n) is 1.86. The molecular weight excluding hydrogens is 436 g/mol. The van der Waals surface area contributed by atoms with E-state index in [4.69, 9.17) is 4.74 Å². The van der Waals surface area contributed by atoms with Crippen LogP contribution in [0.3, 0.4) is 0 Å². The lowest BCUT2D eigenvalue weighted by molar-refractivity contribution is 0.0569. The number of halogens is 1. The van der Waals surface area contributed by atoms with E-state index in [-0.39, 0.29) is 5.95 Å². The molecule has 0 fully saturated rings. The van der Waals surface area contributed by atoms with Crippen molar-refractivity contribution in [2.24, 2.45) is 0 Å². The third-order valence-electron chi connectivity index (χ3n) is 3.40. The van der Waals surface area contributed by atoms with E-state index in [1.807, 2.05) is 0 Å². The molecule has 0 radical (unpaired) electrons. The summed E-state index contributed by atoms with van der Waals surface area (Å²) in [7, 11) is -2.63. The summed E-state index contributed by atoms with van der Waals surface area (Å²) >= 11 is 3.31. The molecule has 146 valence electrons. The molecule has 2 aromatic rings. The number of benzene rings is 1. The van der Waals surface area contributed by atoms with E-state index in [1.54, 1.807) is 38.1 Å². The zero-order valence-corrected chi connectivity index (χ0v) is 17.5. The van der Waals surface area contributed by atoms with Gasteiger partial charge in [0.05, 0.1) is 16.8 Å². The second-order valence-electron chi connectivity index (χ2n) is 6.05. The highest BCUT2D eigenvalue weighted by atomic mass is 79.9. The highest BCUT2D eigenvalue weighted by Gasteiger charge is 2.15. The number of nitrogens with one attached hydrogen (secondary N) is 2. The summed E-state index contributed by atoms with van der Waals surface area (Å²) in [4.78, 5) is 20.4. The van der Waals surface area contributed by atoms with Gasteiger partial charge in [0.25, 0.3) is 5.91 Å². The fraction of sp³-hybridized carbons (Fsp3) is 0.294. The predicted molar refractivity (Wildman–Crippen MR) is 110 cm³/mol. The number of anilines is 2. The highest BCUT2D eigenvalue weighted by molar-refractivity contribution is 9.10. The van der Waals surface area contributed by atoms with Crippen LogP contribution in [0, 0.1) is 0 Å². The maximum Gasteiger partial charge on any atom is 0.262 e. The molecule has 1 aromatic carbocycles. The van der Waals surface area contributed by atoms with Gasteiger partial charge in [-0.1, -0.05) is 0 Å². The van der Waals surface area contributed by atoms with Gasteiger partial charge in [-0.3, -0.25) is 9.52 Å². The topological polar surface area (TPSA) is 113 Å². The van der Waals surface area contributed by atoms with Crippen LogP contribution >= 0.6 is 15.9 Å². The number of amides is 1. The van der Waals surface area contributed by atoms with Gasteiger partial charge in [0.2, 0.25) is 11.8 Å². The molecular formula is C17H21BrN4O4S. The summed E-state index contributed by atoms with van der Waals surface area (Å²) < 4.78 is 20.1. The van der Waals surface area contributed by atoms with Crippen LogP contribution in [-0.4, -0.2) is 49.5 Å². The molecule has 0 aliphatic rings. The van der Waals surface area contributed by atoms with Gasteiger partial charge >= 0.3 is 0 Å². The Kier molecular flexibility index (Phi) is 6.79.